The van der Waals surface area contributed by atoms with Crippen molar-refractivity contribution < 1.29 is 10.2 Å². The van der Waals surface area contributed by atoms with Crippen LogP contribution in [0.4, 0.5) is 0 Å². The zero-order chi connectivity index (χ0) is 18.1. The summed E-state index contributed by atoms with van der Waals surface area (Å²) in [5.41, 5.74) is 0.796. The number of hydrogen-bond donors (Lipinski definition) is 3. The van der Waals surface area contributed by atoms with Crippen LogP contribution in [0.1, 0.15) is 30.2 Å². The maximum absolute atomic E-state index is 11.1. The van der Waals surface area contributed by atoms with Gasteiger partial charge in [0.25, 0.3) is 5.56 Å². The second-order valence-electron chi connectivity index (χ2n) is 7.89. The highest BCUT2D eigenvalue weighted by atomic mass is 16.3. The van der Waals surface area contributed by atoms with Crippen molar-refractivity contribution in [2.75, 3.05) is 19.6 Å². The van der Waals surface area contributed by atoms with Gasteiger partial charge in [0.2, 0.25) is 0 Å². The van der Waals surface area contributed by atoms with E-state index in [-0.39, 0.29) is 5.56 Å². The molecule has 3 atom stereocenters. The quantitative estimate of drug-likeness (QED) is 0.748. The molecular formula is C20H25N3O3. The van der Waals surface area contributed by atoms with Crippen LogP contribution in [-0.2, 0) is 6.42 Å². The Labute approximate surface area is 152 Å². The molecule has 2 heterocycles. The summed E-state index contributed by atoms with van der Waals surface area (Å²) in [6.07, 6.45) is 4.30. The number of β-amino-alcohol motifs (C(OH)–C–C–N with tert-alkyl or cyclic N) is 1. The van der Waals surface area contributed by atoms with Gasteiger partial charge in [0, 0.05) is 32.3 Å². The number of hydrogen-bond acceptors (Lipinski definition) is 5. The van der Waals surface area contributed by atoms with Crippen LogP contribution in [-0.4, -0.2) is 50.3 Å². The molecule has 2 aliphatic rings. The average Bonchev–Trinajstić information content (AvgIpc) is 3.10. The Hall–Kier alpha value is -2.02. The summed E-state index contributed by atoms with van der Waals surface area (Å²) in [5.74, 6) is 0.943. The molecule has 2 aromatic rings. The monoisotopic (exact) mass is 355 g/mol. The summed E-state index contributed by atoms with van der Waals surface area (Å²) in [6, 6.07) is 10.2. The molecule has 1 saturated heterocycles. The second-order valence-corrected chi connectivity index (χ2v) is 7.89. The predicted molar refractivity (Wildman–Crippen MR) is 97.6 cm³/mol. The molecule has 0 amide bonds. The van der Waals surface area contributed by atoms with Crippen LogP contribution < -0.4 is 5.56 Å². The number of aliphatic hydroxyl groups excluding tert-OH is 1. The van der Waals surface area contributed by atoms with E-state index in [1.807, 2.05) is 18.2 Å². The van der Waals surface area contributed by atoms with Crippen LogP contribution in [0.25, 0.3) is 0 Å². The molecule has 1 saturated carbocycles. The largest absolute Gasteiger partial charge is 0.390 e. The average molecular weight is 355 g/mol. The Morgan fingerprint density at radius 1 is 1.23 bits per heavy atom. The summed E-state index contributed by atoms with van der Waals surface area (Å²) in [5, 5.41) is 21.4. The highest BCUT2D eigenvalue weighted by molar-refractivity contribution is 5.18. The molecule has 1 aromatic carbocycles. The minimum atomic E-state index is -0.714. The van der Waals surface area contributed by atoms with Gasteiger partial charge in [-0.25, -0.2) is 0 Å². The lowest BCUT2D eigenvalue weighted by atomic mass is 9.91. The van der Waals surface area contributed by atoms with Crippen molar-refractivity contribution in [1.29, 1.82) is 0 Å². The molecule has 6 nitrogen and oxygen atoms in total. The second kappa shape index (κ2) is 6.95. The lowest BCUT2D eigenvalue weighted by Gasteiger charge is -2.26. The first-order valence-electron chi connectivity index (χ1n) is 9.22. The Morgan fingerprint density at radius 3 is 2.54 bits per heavy atom. The Bertz CT molecular complexity index is 773. The number of rotatable bonds is 5. The zero-order valence-electron chi connectivity index (χ0n) is 14.7. The van der Waals surface area contributed by atoms with Crippen molar-refractivity contribution in [2.45, 2.75) is 31.0 Å². The molecular weight excluding hydrogens is 330 g/mol. The van der Waals surface area contributed by atoms with Crippen molar-refractivity contribution in [3.8, 4) is 0 Å². The predicted octanol–water partition coefficient (Wildman–Crippen LogP) is 1.12. The van der Waals surface area contributed by atoms with E-state index in [9.17, 15) is 15.0 Å². The van der Waals surface area contributed by atoms with Gasteiger partial charge in [0.15, 0.2) is 0 Å². The van der Waals surface area contributed by atoms with Crippen molar-refractivity contribution in [1.82, 2.24) is 14.9 Å². The fourth-order valence-electron chi connectivity index (χ4n) is 4.70. The molecule has 3 unspecified atom stereocenters. The highest BCUT2D eigenvalue weighted by Gasteiger charge is 2.48. The summed E-state index contributed by atoms with van der Waals surface area (Å²) in [4.78, 5) is 19.9. The van der Waals surface area contributed by atoms with Gasteiger partial charge in [-0.2, -0.15) is 0 Å². The Balaban J connectivity index is 1.33. The van der Waals surface area contributed by atoms with Crippen LogP contribution >= 0.6 is 0 Å². The van der Waals surface area contributed by atoms with Crippen molar-refractivity contribution in [2.24, 2.45) is 11.8 Å². The summed E-state index contributed by atoms with van der Waals surface area (Å²) < 4.78 is 0. The summed E-state index contributed by atoms with van der Waals surface area (Å²) in [6.45, 7) is 2.29. The molecule has 1 aromatic heterocycles. The molecule has 138 valence electrons. The first kappa shape index (κ1) is 17.4. The van der Waals surface area contributed by atoms with Crippen LogP contribution in [0.2, 0.25) is 0 Å². The smallest absolute Gasteiger partial charge is 0.266 e. The minimum absolute atomic E-state index is 0.269. The van der Waals surface area contributed by atoms with Crippen LogP contribution in [0.5, 0.6) is 0 Å². The number of nitrogens with zero attached hydrogens (tertiary/aromatic N) is 2. The van der Waals surface area contributed by atoms with Crippen molar-refractivity contribution in [3.63, 3.8) is 0 Å². The number of aromatic nitrogens is 2. The topological polar surface area (TPSA) is 89.4 Å². The number of likely N-dealkylation sites (tertiary alicyclic amines) is 1. The van der Waals surface area contributed by atoms with Crippen LogP contribution in [0.3, 0.4) is 0 Å². The molecule has 0 spiro atoms. The molecule has 1 aliphatic heterocycles. The molecule has 6 heteroatoms. The Kier molecular flexibility index (Phi) is 4.65. The minimum Gasteiger partial charge on any atom is -0.390 e. The number of H-pyrrole nitrogens is 1. The highest BCUT2D eigenvalue weighted by Crippen LogP contribution is 2.45. The molecule has 0 radical (unpaired) electrons. The van der Waals surface area contributed by atoms with Gasteiger partial charge in [-0.05, 0) is 30.2 Å². The lowest BCUT2D eigenvalue weighted by Crippen LogP contribution is -2.33. The number of fused-ring (bicyclic) bond motifs is 1. The van der Waals surface area contributed by atoms with Gasteiger partial charge >= 0.3 is 0 Å². The summed E-state index contributed by atoms with van der Waals surface area (Å²) >= 11 is 0. The number of aliphatic hydroxyl groups is 2. The molecule has 1 aliphatic carbocycles. The van der Waals surface area contributed by atoms with E-state index < -0.39 is 11.7 Å². The van der Waals surface area contributed by atoms with Crippen LogP contribution in [0.15, 0.2) is 47.5 Å². The van der Waals surface area contributed by atoms with E-state index in [4.69, 9.17) is 0 Å². The van der Waals surface area contributed by atoms with E-state index in [1.165, 1.54) is 18.0 Å². The van der Waals surface area contributed by atoms with Crippen molar-refractivity contribution >= 4 is 0 Å². The van der Waals surface area contributed by atoms with Crippen LogP contribution in [0, 0.1) is 11.8 Å². The lowest BCUT2D eigenvalue weighted by molar-refractivity contribution is 0.0327. The SMILES string of the molecule is O=c1cnc(C(O)CN2CC3CC(O)(Cc4ccccc4)CC3C2)c[nH]1. The van der Waals surface area contributed by atoms with Gasteiger partial charge in [0.1, 0.15) is 6.10 Å². The molecule has 0 bridgehead atoms. The number of benzene rings is 1. The fourth-order valence-corrected chi connectivity index (χ4v) is 4.70. The van der Waals surface area contributed by atoms with E-state index in [2.05, 4.69) is 27.0 Å². The molecule has 26 heavy (non-hydrogen) atoms. The first-order chi connectivity index (χ1) is 12.5. The third-order valence-electron chi connectivity index (χ3n) is 5.78. The van der Waals surface area contributed by atoms with E-state index in [1.54, 1.807) is 0 Å². The first-order valence-corrected chi connectivity index (χ1v) is 9.22. The maximum Gasteiger partial charge on any atom is 0.266 e. The fraction of sp³-hybridized carbons (Fsp3) is 0.500. The molecule has 3 N–H and O–H groups in total. The summed E-state index contributed by atoms with van der Waals surface area (Å²) in [7, 11) is 0. The number of aromatic amines is 1. The van der Waals surface area contributed by atoms with Gasteiger partial charge in [-0.1, -0.05) is 30.3 Å². The zero-order valence-corrected chi connectivity index (χ0v) is 14.7. The van der Waals surface area contributed by atoms with E-state index in [0.29, 0.717) is 30.5 Å². The molecule has 2 fully saturated rings. The number of nitrogens with one attached hydrogen (secondary N) is 1. The third kappa shape index (κ3) is 3.72. The maximum atomic E-state index is 11.1. The van der Waals surface area contributed by atoms with E-state index in [0.717, 1.165) is 25.9 Å². The third-order valence-corrected chi connectivity index (χ3v) is 5.78. The van der Waals surface area contributed by atoms with Gasteiger partial charge in [-0.15, -0.1) is 0 Å². The van der Waals surface area contributed by atoms with Gasteiger partial charge in [0.05, 0.1) is 17.5 Å². The van der Waals surface area contributed by atoms with Crippen molar-refractivity contribution in [3.05, 3.63) is 64.3 Å². The van der Waals surface area contributed by atoms with E-state index >= 15 is 0 Å². The Morgan fingerprint density at radius 2 is 1.92 bits per heavy atom. The van der Waals surface area contributed by atoms with Gasteiger partial charge < -0.3 is 15.2 Å². The van der Waals surface area contributed by atoms with Gasteiger partial charge in [-0.3, -0.25) is 14.7 Å². The standard InChI is InChI=1S/C20H25N3O3/c24-18(17-9-22-19(25)10-21-17)13-23-11-15-7-20(26,8-16(15)12-23)6-14-4-2-1-3-5-14/h1-5,9-10,15-16,18,24,26H,6-8,11-13H2,(H,22,25). The normalized spacial score (nSPS) is 29.6. The molecule has 4 rings (SSSR count).